The quantitative estimate of drug-likeness (QED) is 0.729. The van der Waals surface area contributed by atoms with Crippen molar-refractivity contribution in [2.24, 2.45) is 5.92 Å². The molecule has 1 aromatic carbocycles. The monoisotopic (exact) mass is 430 g/mol. The number of sulfonamides is 1. The number of aromatic nitrogens is 3. The van der Waals surface area contributed by atoms with Crippen molar-refractivity contribution in [3.05, 3.63) is 28.3 Å². The number of hydrogen-bond acceptors (Lipinski definition) is 6. The summed E-state index contributed by atoms with van der Waals surface area (Å²) < 4.78 is 27.6. The summed E-state index contributed by atoms with van der Waals surface area (Å²) in [6, 6.07) is 2.38. The van der Waals surface area contributed by atoms with Gasteiger partial charge in [0.15, 0.2) is 0 Å². The maximum Gasteiger partial charge on any atom is 0.278 e. The zero-order chi connectivity index (χ0) is 20.9. The van der Waals surface area contributed by atoms with E-state index in [9.17, 15) is 8.42 Å². The third-order valence-corrected chi connectivity index (χ3v) is 8.32. The number of H-pyrrole nitrogens is 1. The number of aromatic amines is 1. The van der Waals surface area contributed by atoms with Gasteiger partial charge in [0.1, 0.15) is 0 Å². The first-order valence-corrected chi connectivity index (χ1v) is 12.4. The molecule has 1 atom stereocenters. The van der Waals surface area contributed by atoms with Gasteiger partial charge in [-0.1, -0.05) is 6.07 Å². The fourth-order valence-corrected chi connectivity index (χ4v) is 6.67. The normalized spacial score (nSPS) is 21.4. The molecule has 2 aromatic rings. The van der Waals surface area contributed by atoms with Crippen LogP contribution in [0.4, 0.5) is 11.6 Å². The second kappa shape index (κ2) is 7.62. The highest BCUT2D eigenvalue weighted by Gasteiger charge is 2.35. The van der Waals surface area contributed by atoms with Gasteiger partial charge < -0.3 is 10.2 Å². The first-order chi connectivity index (χ1) is 14.4. The van der Waals surface area contributed by atoms with E-state index in [4.69, 9.17) is 0 Å². The Morgan fingerprint density at radius 3 is 2.50 bits per heavy atom. The predicted octanol–water partition coefficient (Wildman–Crippen LogP) is 2.10. The van der Waals surface area contributed by atoms with Gasteiger partial charge in [0.25, 0.3) is 15.2 Å². The lowest BCUT2D eigenvalue weighted by atomic mass is 9.99. The van der Waals surface area contributed by atoms with Gasteiger partial charge in [-0.3, -0.25) is 4.98 Å². The summed E-state index contributed by atoms with van der Waals surface area (Å²) in [7, 11) is 0.377. The molecule has 1 aliphatic heterocycles. The van der Waals surface area contributed by atoms with E-state index < -0.39 is 10.0 Å². The molecule has 0 saturated carbocycles. The number of fused-ring (bicyclic) bond motifs is 2. The maximum absolute atomic E-state index is 13.1. The molecule has 30 heavy (non-hydrogen) atoms. The lowest BCUT2D eigenvalue weighted by Gasteiger charge is -2.17. The van der Waals surface area contributed by atoms with Crippen molar-refractivity contribution < 1.29 is 8.42 Å². The first kappa shape index (κ1) is 20.0. The molecule has 2 heterocycles. The molecule has 2 aliphatic carbocycles. The van der Waals surface area contributed by atoms with Gasteiger partial charge in [0.2, 0.25) is 5.95 Å². The SMILES string of the molecule is CN(C)CC1CCN(S(=O)(=O)c2nnc(Nc3c4c(cc5c3CCC5)CCC4)[nH]2)C1. The van der Waals surface area contributed by atoms with Gasteiger partial charge in [-0.2, -0.15) is 4.31 Å². The van der Waals surface area contributed by atoms with Gasteiger partial charge in [-0.25, -0.2) is 8.42 Å². The lowest BCUT2D eigenvalue weighted by molar-refractivity contribution is 0.329. The molecule has 162 valence electrons. The first-order valence-electron chi connectivity index (χ1n) is 10.9. The average molecular weight is 431 g/mol. The zero-order valence-corrected chi connectivity index (χ0v) is 18.6. The van der Waals surface area contributed by atoms with Gasteiger partial charge in [0.05, 0.1) is 0 Å². The lowest BCUT2D eigenvalue weighted by Crippen LogP contribution is -2.31. The van der Waals surface area contributed by atoms with Crippen molar-refractivity contribution in [1.82, 2.24) is 24.4 Å². The maximum atomic E-state index is 13.1. The van der Waals surface area contributed by atoms with E-state index in [2.05, 4.69) is 31.5 Å². The molecule has 1 aromatic heterocycles. The highest BCUT2D eigenvalue weighted by molar-refractivity contribution is 7.89. The number of benzene rings is 1. The van der Waals surface area contributed by atoms with Crippen LogP contribution in [0.2, 0.25) is 0 Å². The molecule has 3 aliphatic rings. The summed E-state index contributed by atoms with van der Waals surface area (Å²) in [4.78, 5) is 5.05. The van der Waals surface area contributed by atoms with E-state index in [1.807, 2.05) is 14.1 Å². The summed E-state index contributed by atoms with van der Waals surface area (Å²) in [5.41, 5.74) is 6.71. The molecule has 0 amide bonds. The molecule has 0 radical (unpaired) electrons. The molecule has 5 rings (SSSR count). The van der Waals surface area contributed by atoms with Crippen molar-refractivity contribution in [1.29, 1.82) is 0 Å². The fourth-order valence-electron chi connectivity index (χ4n) is 5.31. The number of nitrogens with zero attached hydrogens (tertiary/aromatic N) is 4. The highest BCUT2D eigenvalue weighted by Crippen LogP contribution is 2.39. The van der Waals surface area contributed by atoms with Crippen molar-refractivity contribution >= 4 is 21.7 Å². The van der Waals surface area contributed by atoms with Crippen LogP contribution in [-0.4, -0.2) is 66.5 Å². The largest absolute Gasteiger partial charge is 0.324 e. The van der Waals surface area contributed by atoms with Crippen LogP contribution in [0.3, 0.4) is 0 Å². The molecule has 1 fully saturated rings. The average Bonchev–Trinajstić information content (AvgIpc) is 3.47. The molecule has 2 N–H and O–H groups in total. The van der Waals surface area contributed by atoms with E-state index in [-0.39, 0.29) is 5.16 Å². The minimum absolute atomic E-state index is 0.0697. The molecule has 8 nitrogen and oxygen atoms in total. The molecule has 1 saturated heterocycles. The molecule has 9 heteroatoms. The zero-order valence-electron chi connectivity index (χ0n) is 17.7. The number of rotatable bonds is 6. The van der Waals surface area contributed by atoms with E-state index in [1.165, 1.54) is 39.4 Å². The van der Waals surface area contributed by atoms with Crippen LogP contribution in [0.15, 0.2) is 11.2 Å². The van der Waals surface area contributed by atoms with Crippen molar-refractivity contribution in [3.8, 4) is 0 Å². The second-order valence-electron chi connectivity index (χ2n) is 9.12. The number of hydrogen-bond donors (Lipinski definition) is 2. The molecule has 1 unspecified atom stereocenters. The van der Waals surface area contributed by atoms with Gasteiger partial charge in [-0.05, 0) is 87.2 Å². The van der Waals surface area contributed by atoms with Crippen molar-refractivity contribution in [2.45, 2.75) is 50.1 Å². The van der Waals surface area contributed by atoms with Crippen LogP contribution in [0.25, 0.3) is 0 Å². The van der Waals surface area contributed by atoms with Crippen LogP contribution >= 0.6 is 0 Å². The second-order valence-corrected chi connectivity index (χ2v) is 11.0. The Hall–Kier alpha value is -1.97. The molecule has 0 spiro atoms. The van der Waals surface area contributed by atoms with E-state index >= 15 is 0 Å². The summed E-state index contributed by atoms with van der Waals surface area (Å²) >= 11 is 0. The Morgan fingerprint density at radius 2 is 1.83 bits per heavy atom. The fraction of sp³-hybridized carbons (Fsp3) is 0.619. The van der Waals surface area contributed by atoms with Gasteiger partial charge in [-0.15, -0.1) is 10.2 Å². The van der Waals surface area contributed by atoms with E-state index in [0.29, 0.717) is 25.0 Å². The topological polar surface area (TPSA) is 94.2 Å². The summed E-state index contributed by atoms with van der Waals surface area (Å²) in [6.45, 7) is 1.95. The van der Waals surface area contributed by atoms with Crippen LogP contribution in [0.1, 0.15) is 41.5 Å². The van der Waals surface area contributed by atoms with Crippen LogP contribution in [0.5, 0.6) is 0 Å². The summed E-state index contributed by atoms with van der Waals surface area (Å²) in [5.74, 6) is 0.761. The smallest absolute Gasteiger partial charge is 0.278 e. The van der Waals surface area contributed by atoms with Crippen molar-refractivity contribution in [2.75, 3.05) is 39.0 Å². The minimum Gasteiger partial charge on any atom is -0.324 e. The number of aryl methyl sites for hydroxylation is 2. The van der Waals surface area contributed by atoms with Gasteiger partial charge >= 0.3 is 0 Å². The number of anilines is 2. The summed E-state index contributed by atoms with van der Waals surface area (Å²) in [6.07, 6.45) is 7.58. The Balaban J connectivity index is 1.37. The van der Waals surface area contributed by atoms with E-state index in [1.54, 1.807) is 0 Å². The van der Waals surface area contributed by atoms with Crippen LogP contribution in [-0.2, 0) is 35.7 Å². The van der Waals surface area contributed by atoms with Crippen LogP contribution in [0, 0.1) is 5.92 Å². The molecule has 0 bridgehead atoms. The number of nitrogens with one attached hydrogen (secondary N) is 2. The molecular formula is C21H30N6O2S. The van der Waals surface area contributed by atoms with Crippen molar-refractivity contribution in [3.63, 3.8) is 0 Å². The van der Waals surface area contributed by atoms with Gasteiger partial charge in [0, 0.05) is 25.3 Å². The standard InChI is InChI=1S/C21H30N6O2S/c1-26(2)12-14-9-10-27(13-14)30(28,29)21-23-20(24-25-21)22-19-17-7-3-5-15(17)11-16-6-4-8-18(16)19/h11,14H,3-10,12-13H2,1-2H3,(H2,22,23,24,25). The Labute approximate surface area is 178 Å². The third-order valence-electron chi connectivity index (χ3n) is 6.64. The molecular weight excluding hydrogens is 400 g/mol. The van der Waals surface area contributed by atoms with E-state index in [0.717, 1.165) is 44.3 Å². The summed E-state index contributed by atoms with van der Waals surface area (Å²) in [5, 5.41) is 11.5. The Bertz CT molecular complexity index is 1030. The minimum atomic E-state index is -3.66. The third kappa shape index (κ3) is 3.52. The highest BCUT2D eigenvalue weighted by atomic mass is 32.2. The predicted molar refractivity (Wildman–Crippen MR) is 116 cm³/mol. The Kier molecular flexibility index (Phi) is 5.07. The van der Waals surface area contributed by atoms with Crippen LogP contribution < -0.4 is 5.32 Å². The Morgan fingerprint density at radius 1 is 1.13 bits per heavy atom.